The van der Waals surface area contributed by atoms with Crippen LogP contribution >= 0.6 is 0 Å². The van der Waals surface area contributed by atoms with Crippen molar-refractivity contribution in [2.45, 2.75) is 13.8 Å². The van der Waals surface area contributed by atoms with E-state index in [4.69, 9.17) is 16.2 Å². The summed E-state index contributed by atoms with van der Waals surface area (Å²) in [6.07, 6.45) is 0. The molecule has 180 valence electrons. The van der Waals surface area contributed by atoms with E-state index in [1.165, 1.54) is 12.1 Å². The van der Waals surface area contributed by atoms with E-state index in [9.17, 15) is 19.2 Å². The average molecular weight is 475 g/mol. The monoisotopic (exact) mass is 474 g/mol. The number of hydrogen-bond donors (Lipinski definition) is 4. The molecule has 0 aliphatic heterocycles. The predicted molar refractivity (Wildman–Crippen MR) is 140 cm³/mol. The molecule has 9 heteroatoms. The highest BCUT2D eigenvalue weighted by atomic mass is 16.5. The zero-order chi connectivity index (χ0) is 25.5. The first-order valence-corrected chi connectivity index (χ1v) is 10.9. The summed E-state index contributed by atoms with van der Waals surface area (Å²) in [5.41, 5.74) is 12.9. The normalized spacial score (nSPS) is 10.5. The second-order valence-electron chi connectivity index (χ2n) is 7.54. The highest BCUT2D eigenvalue weighted by Crippen LogP contribution is 2.21. The van der Waals surface area contributed by atoms with Crippen molar-refractivity contribution >= 4 is 32.9 Å². The van der Waals surface area contributed by atoms with Crippen molar-refractivity contribution in [3.8, 4) is 11.1 Å². The second kappa shape index (κ2) is 11.1. The van der Waals surface area contributed by atoms with E-state index in [0.717, 1.165) is 35.7 Å². The third-order valence-corrected chi connectivity index (χ3v) is 5.15. The zero-order valence-electron chi connectivity index (χ0n) is 19.4. The minimum Gasteiger partial charge on any atom is -0.399 e. The fourth-order valence-electron chi connectivity index (χ4n) is 3.38. The van der Waals surface area contributed by atoms with Gasteiger partial charge >= 0.3 is 0 Å². The van der Waals surface area contributed by atoms with Gasteiger partial charge in [0.25, 0.3) is 22.2 Å². The fourth-order valence-corrected chi connectivity index (χ4v) is 3.38. The number of nitrogens with one attached hydrogen (secondary N) is 2. The smallest absolute Gasteiger partial charge is 0.258 e. The first-order valence-electron chi connectivity index (χ1n) is 10.9. The Kier molecular flexibility index (Phi) is 7.96. The Morgan fingerprint density at radius 1 is 0.571 bits per heavy atom. The van der Waals surface area contributed by atoms with Crippen molar-refractivity contribution in [2.75, 3.05) is 24.7 Å². The minimum absolute atomic E-state index is 0.133. The van der Waals surface area contributed by atoms with Gasteiger partial charge in [0.15, 0.2) is 0 Å². The SMILES string of the molecule is CCOCC.Nc1ccc(-c2ccc(N)cc2)cc1.O=c1[nH]c(=O)c2cc3c(=O)[nH]c(=O)c3cc12. The first-order chi connectivity index (χ1) is 16.7. The molecule has 9 nitrogen and oxygen atoms in total. The van der Waals surface area contributed by atoms with Gasteiger partial charge in [-0.2, -0.15) is 0 Å². The largest absolute Gasteiger partial charge is 0.399 e. The van der Waals surface area contributed by atoms with Crippen LogP contribution in [0.15, 0.2) is 79.8 Å². The molecule has 5 aromatic rings. The van der Waals surface area contributed by atoms with E-state index in [0.29, 0.717) is 0 Å². The maximum atomic E-state index is 11.3. The summed E-state index contributed by atoms with van der Waals surface area (Å²) in [6.45, 7) is 5.67. The highest BCUT2D eigenvalue weighted by molar-refractivity contribution is 5.97. The number of aromatic amines is 2. The molecule has 0 aliphatic rings. The third kappa shape index (κ3) is 5.90. The molecule has 0 unspecified atom stereocenters. The van der Waals surface area contributed by atoms with Crippen molar-refractivity contribution < 1.29 is 4.74 Å². The molecule has 0 aliphatic carbocycles. The Hall–Kier alpha value is -4.50. The van der Waals surface area contributed by atoms with Gasteiger partial charge in [-0.25, -0.2) is 0 Å². The molecule has 0 saturated heterocycles. The van der Waals surface area contributed by atoms with E-state index in [1.807, 2.05) is 62.4 Å². The van der Waals surface area contributed by atoms with Gasteiger partial charge < -0.3 is 16.2 Å². The number of nitrogen functional groups attached to an aromatic ring is 2. The van der Waals surface area contributed by atoms with Gasteiger partial charge in [-0.1, -0.05) is 24.3 Å². The van der Waals surface area contributed by atoms with Gasteiger partial charge in [0.05, 0.1) is 21.5 Å². The summed E-state index contributed by atoms with van der Waals surface area (Å²) >= 11 is 0. The van der Waals surface area contributed by atoms with Crippen molar-refractivity contribution in [3.63, 3.8) is 0 Å². The zero-order valence-corrected chi connectivity index (χ0v) is 19.4. The number of H-pyrrole nitrogens is 2. The van der Waals surface area contributed by atoms with Gasteiger partial charge in [0.2, 0.25) is 0 Å². The predicted octanol–water partition coefficient (Wildman–Crippen LogP) is 2.53. The Balaban J connectivity index is 0.000000166. The average Bonchev–Trinajstić information content (AvgIpc) is 3.29. The van der Waals surface area contributed by atoms with E-state index >= 15 is 0 Å². The van der Waals surface area contributed by atoms with Crippen LogP contribution in [0.25, 0.3) is 32.7 Å². The van der Waals surface area contributed by atoms with E-state index in [1.54, 1.807) is 0 Å². The summed E-state index contributed by atoms with van der Waals surface area (Å²) in [5, 5.41) is 0.532. The molecular weight excluding hydrogens is 448 g/mol. The molecule has 0 saturated carbocycles. The summed E-state index contributed by atoms with van der Waals surface area (Å²) in [7, 11) is 0. The van der Waals surface area contributed by atoms with Gasteiger partial charge in [0, 0.05) is 24.6 Å². The minimum atomic E-state index is -0.546. The second-order valence-corrected chi connectivity index (χ2v) is 7.54. The topological polar surface area (TPSA) is 161 Å². The molecule has 35 heavy (non-hydrogen) atoms. The Morgan fingerprint density at radius 2 is 0.857 bits per heavy atom. The Bertz CT molecular complexity index is 1430. The number of aromatic nitrogens is 2. The Morgan fingerprint density at radius 3 is 1.09 bits per heavy atom. The van der Waals surface area contributed by atoms with Crippen LogP contribution in [0.1, 0.15) is 13.8 Å². The molecule has 0 atom stereocenters. The lowest BCUT2D eigenvalue weighted by molar-refractivity contribution is 0.162. The highest BCUT2D eigenvalue weighted by Gasteiger charge is 2.12. The number of ether oxygens (including phenoxy) is 1. The number of hydrogen-bond acceptors (Lipinski definition) is 7. The molecule has 5 rings (SSSR count). The number of rotatable bonds is 3. The fraction of sp³-hybridized carbons (Fsp3) is 0.154. The van der Waals surface area contributed by atoms with Crippen LogP contribution in [-0.4, -0.2) is 23.2 Å². The van der Waals surface area contributed by atoms with E-state index in [-0.39, 0.29) is 21.5 Å². The lowest BCUT2D eigenvalue weighted by atomic mass is 10.1. The molecule has 0 fully saturated rings. The van der Waals surface area contributed by atoms with E-state index < -0.39 is 22.2 Å². The molecular formula is C26H26N4O5. The van der Waals surface area contributed by atoms with Crippen LogP contribution in [-0.2, 0) is 4.74 Å². The molecule has 0 radical (unpaired) electrons. The van der Waals surface area contributed by atoms with Crippen LogP contribution < -0.4 is 33.7 Å². The van der Waals surface area contributed by atoms with E-state index in [2.05, 4.69) is 9.97 Å². The van der Waals surface area contributed by atoms with Gasteiger partial charge in [-0.15, -0.1) is 0 Å². The number of benzene rings is 3. The van der Waals surface area contributed by atoms with Crippen LogP contribution in [0.4, 0.5) is 11.4 Å². The lowest BCUT2D eigenvalue weighted by Gasteiger charge is -2.02. The number of nitrogens with two attached hydrogens (primary N) is 2. The maximum absolute atomic E-state index is 11.3. The Labute approximate surface area is 199 Å². The summed E-state index contributed by atoms with van der Waals surface area (Å²) < 4.78 is 4.83. The van der Waals surface area contributed by atoms with Crippen molar-refractivity contribution in [3.05, 3.63) is 102 Å². The van der Waals surface area contributed by atoms with Crippen LogP contribution in [0, 0.1) is 0 Å². The molecule has 2 heterocycles. The molecule has 2 aromatic heterocycles. The standard InChI is InChI=1S/C12H12N2.C10H4N2O4.C4H10O/c13-11-5-1-9(2-6-11)10-3-7-12(14)8-4-10;13-7-3-1-4-6(10(16)12-8(4)14)2-5(3)9(15)11-7;1-3-5-4-2/h1-8H,13-14H2;1-2H,(H,11,13,15)(H,12,14,16);3-4H2,1-2H3. The summed E-state index contributed by atoms with van der Waals surface area (Å²) in [6, 6.07) is 18.1. The van der Waals surface area contributed by atoms with Crippen molar-refractivity contribution in [1.82, 2.24) is 9.97 Å². The van der Waals surface area contributed by atoms with Gasteiger partial charge in [-0.05, 0) is 61.4 Å². The number of anilines is 2. The maximum Gasteiger partial charge on any atom is 0.258 e. The summed E-state index contributed by atoms with van der Waals surface area (Å²) in [5.74, 6) is 0. The molecule has 0 spiro atoms. The van der Waals surface area contributed by atoms with Crippen LogP contribution in [0.2, 0.25) is 0 Å². The molecule has 0 bridgehead atoms. The quantitative estimate of drug-likeness (QED) is 0.292. The molecule has 0 amide bonds. The number of fused-ring (bicyclic) bond motifs is 2. The van der Waals surface area contributed by atoms with Crippen molar-refractivity contribution in [2.24, 2.45) is 0 Å². The first kappa shape index (κ1) is 25.1. The lowest BCUT2D eigenvalue weighted by Crippen LogP contribution is -2.06. The summed E-state index contributed by atoms with van der Waals surface area (Å²) in [4.78, 5) is 49.4. The molecule has 6 N–H and O–H groups in total. The van der Waals surface area contributed by atoms with Gasteiger partial charge in [-0.3, -0.25) is 29.1 Å². The van der Waals surface area contributed by atoms with Gasteiger partial charge in [0.1, 0.15) is 0 Å². The molecule has 3 aromatic carbocycles. The van der Waals surface area contributed by atoms with Crippen LogP contribution in [0.5, 0.6) is 0 Å². The van der Waals surface area contributed by atoms with Crippen molar-refractivity contribution in [1.29, 1.82) is 0 Å². The van der Waals surface area contributed by atoms with Crippen LogP contribution in [0.3, 0.4) is 0 Å². The third-order valence-electron chi connectivity index (χ3n) is 5.15.